The number of aryl methyl sites for hydroxylation is 1. The highest BCUT2D eigenvalue weighted by Gasteiger charge is 2.13. The lowest BCUT2D eigenvalue weighted by atomic mass is 10.2. The van der Waals surface area contributed by atoms with E-state index >= 15 is 0 Å². The van der Waals surface area contributed by atoms with Gasteiger partial charge in [-0.15, -0.1) is 11.3 Å². The summed E-state index contributed by atoms with van der Waals surface area (Å²) in [4.78, 5) is 4.37. The zero-order chi connectivity index (χ0) is 12.3. The molecule has 0 aliphatic carbocycles. The van der Waals surface area contributed by atoms with Crippen molar-refractivity contribution in [2.24, 2.45) is 0 Å². The molecule has 0 saturated carbocycles. The number of aliphatic hydroxyl groups is 1. The maximum absolute atomic E-state index is 9.38. The van der Waals surface area contributed by atoms with Gasteiger partial charge in [-0.1, -0.05) is 11.6 Å². The maximum Gasteiger partial charge on any atom is 0.118 e. The third-order valence-electron chi connectivity index (χ3n) is 2.30. The highest BCUT2D eigenvalue weighted by atomic mass is 35.5. The molecule has 1 aromatic carbocycles. The maximum atomic E-state index is 9.38. The van der Waals surface area contributed by atoms with E-state index in [9.17, 15) is 5.11 Å². The standard InChI is InChI=1S/C12H13ClN2OS/c1-8-7-17-12(14-8)11(6-16)15-10-4-2-9(13)3-5-10/h2-5,7,11,15-16H,6H2,1H3. The zero-order valence-electron chi connectivity index (χ0n) is 9.35. The predicted molar refractivity (Wildman–Crippen MR) is 71.8 cm³/mol. The summed E-state index contributed by atoms with van der Waals surface area (Å²) in [6, 6.07) is 7.21. The summed E-state index contributed by atoms with van der Waals surface area (Å²) in [6.07, 6.45) is 0. The third kappa shape index (κ3) is 3.19. The molecule has 0 saturated heterocycles. The Morgan fingerprint density at radius 1 is 1.41 bits per heavy atom. The van der Waals surface area contributed by atoms with Crippen LogP contribution in [0.4, 0.5) is 5.69 Å². The number of anilines is 1. The highest BCUT2D eigenvalue weighted by Crippen LogP contribution is 2.23. The van der Waals surface area contributed by atoms with Gasteiger partial charge < -0.3 is 10.4 Å². The average Bonchev–Trinajstić information content (AvgIpc) is 2.75. The van der Waals surface area contributed by atoms with Gasteiger partial charge in [0.15, 0.2) is 0 Å². The monoisotopic (exact) mass is 268 g/mol. The molecule has 0 aliphatic heterocycles. The molecule has 1 atom stereocenters. The molecule has 1 heterocycles. The number of aliphatic hydroxyl groups excluding tert-OH is 1. The molecule has 1 unspecified atom stereocenters. The van der Waals surface area contributed by atoms with E-state index in [-0.39, 0.29) is 12.6 Å². The van der Waals surface area contributed by atoms with Crippen LogP contribution in [0.2, 0.25) is 5.02 Å². The Morgan fingerprint density at radius 2 is 2.12 bits per heavy atom. The molecule has 0 aliphatic rings. The van der Waals surface area contributed by atoms with Crippen molar-refractivity contribution in [1.29, 1.82) is 0 Å². The van der Waals surface area contributed by atoms with Crippen molar-refractivity contribution < 1.29 is 5.11 Å². The Kier molecular flexibility index (Phi) is 3.99. The third-order valence-corrected chi connectivity index (χ3v) is 3.63. The van der Waals surface area contributed by atoms with Gasteiger partial charge in [0.2, 0.25) is 0 Å². The second kappa shape index (κ2) is 5.49. The van der Waals surface area contributed by atoms with Crippen molar-refractivity contribution in [3.05, 3.63) is 45.4 Å². The van der Waals surface area contributed by atoms with Crippen LogP contribution < -0.4 is 5.32 Å². The van der Waals surface area contributed by atoms with Gasteiger partial charge in [-0.2, -0.15) is 0 Å². The molecule has 5 heteroatoms. The first-order chi connectivity index (χ1) is 8.19. The fourth-order valence-corrected chi connectivity index (χ4v) is 2.43. The predicted octanol–water partition coefficient (Wildman–Crippen LogP) is 3.25. The van der Waals surface area contributed by atoms with Crippen LogP contribution in [-0.2, 0) is 0 Å². The van der Waals surface area contributed by atoms with E-state index < -0.39 is 0 Å². The number of benzene rings is 1. The first kappa shape index (κ1) is 12.4. The van der Waals surface area contributed by atoms with Gasteiger partial charge in [-0.05, 0) is 31.2 Å². The minimum absolute atomic E-state index is 0.00950. The van der Waals surface area contributed by atoms with Gasteiger partial charge in [-0.25, -0.2) is 4.98 Å². The van der Waals surface area contributed by atoms with Crippen molar-refractivity contribution in [3.63, 3.8) is 0 Å². The molecule has 2 rings (SSSR count). The minimum atomic E-state index is -0.171. The van der Waals surface area contributed by atoms with Crippen LogP contribution in [0.1, 0.15) is 16.7 Å². The number of hydrogen-bond donors (Lipinski definition) is 2. The van der Waals surface area contributed by atoms with E-state index in [2.05, 4.69) is 10.3 Å². The van der Waals surface area contributed by atoms with Gasteiger partial charge in [0.05, 0.1) is 6.61 Å². The normalized spacial score (nSPS) is 12.4. The molecule has 1 aromatic heterocycles. The lowest BCUT2D eigenvalue weighted by Gasteiger charge is -2.15. The minimum Gasteiger partial charge on any atom is -0.394 e. The smallest absolute Gasteiger partial charge is 0.118 e. The fourth-order valence-electron chi connectivity index (χ4n) is 1.46. The van der Waals surface area contributed by atoms with E-state index in [1.807, 2.05) is 36.6 Å². The molecule has 0 spiro atoms. The number of aromatic nitrogens is 1. The van der Waals surface area contributed by atoms with Crippen molar-refractivity contribution in [2.45, 2.75) is 13.0 Å². The second-order valence-corrected chi connectivity index (χ2v) is 5.04. The van der Waals surface area contributed by atoms with Gasteiger partial charge in [0.1, 0.15) is 11.0 Å². The molecule has 2 N–H and O–H groups in total. The van der Waals surface area contributed by atoms with Crippen LogP contribution >= 0.6 is 22.9 Å². The lowest BCUT2D eigenvalue weighted by molar-refractivity contribution is 0.276. The van der Waals surface area contributed by atoms with Gasteiger partial charge in [0, 0.05) is 21.8 Å². The Bertz CT molecular complexity index is 484. The van der Waals surface area contributed by atoms with Gasteiger partial charge >= 0.3 is 0 Å². The number of rotatable bonds is 4. The number of nitrogens with zero attached hydrogens (tertiary/aromatic N) is 1. The largest absolute Gasteiger partial charge is 0.394 e. The Hall–Kier alpha value is -1.10. The van der Waals surface area contributed by atoms with E-state index in [4.69, 9.17) is 11.6 Å². The fraction of sp³-hybridized carbons (Fsp3) is 0.250. The number of thiazole rings is 1. The highest BCUT2D eigenvalue weighted by molar-refractivity contribution is 7.09. The summed E-state index contributed by atoms with van der Waals surface area (Å²) in [5, 5.41) is 16.2. The molecule has 3 nitrogen and oxygen atoms in total. The first-order valence-corrected chi connectivity index (χ1v) is 6.50. The summed E-state index contributed by atoms with van der Waals surface area (Å²) in [6.45, 7) is 1.95. The van der Waals surface area contributed by atoms with Crippen LogP contribution in [-0.4, -0.2) is 16.7 Å². The molecular weight excluding hydrogens is 256 g/mol. The quantitative estimate of drug-likeness (QED) is 0.895. The van der Waals surface area contributed by atoms with E-state index in [1.165, 1.54) is 0 Å². The molecule has 2 aromatic rings. The number of hydrogen-bond acceptors (Lipinski definition) is 4. The van der Waals surface area contributed by atoms with Crippen molar-refractivity contribution in [1.82, 2.24) is 4.98 Å². The molecule has 0 fully saturated rings. The number of nitrogens with one attached hydrogen (secondary N) is 1. The van der Waals surface area contributed by atoms with Crippen LogP contribution in [0.25, 0.3) is 0 Å². The molecule has 0 radical (unpaired) electrons. The SMILES string of the molecule is Cc1csc(C(CO)Nc2ccc(Cl)cc2)n1. The van der Waals surface area contributed by atoms with Crippen molar-refractivity contribution >= 4 is 28.6 Å². The molecular formula is C12H13ClN2OS. The molecule has 0 amide bonds. The Morgan fingerprint density at radius 3 is 2.65 bits per heavy atom. The van der Waals surface area contributed by atoms with E-state index in [0.717, 1.165) is 16.4 Å². The lowest BCUT2D eigenvalue weighted by Crippen LogP contribution is -2.14. The second-order valence-electron chi connectivity index (χ2n) is 3.71. The Balaban J connectivity index is 2.12. The van der Waals surface area contributed by atoms with Crippen LogP contribution in [0.15, 0.2) is 29.6 Å². The van der Waals surface area contributed by atoms with Crippen LogP contribution in [0, 0.1) is 6.92 Å². The van der Waals surface area contributed by atoms with Gasteiger partial charge in [-0.3, -0.25) is 0 Å². The zero-order valence-corrected chi connectivity index (χ0v) is 10.9. The van der Waals surface area contributed by atoms with E-state index in [1.54, 1.807) is 11.3 Å². The summed E-state index contributed by atoms with van der Waals surface area (Å²) in [7, 11) is 0. The number of halogens is 1. The average molecular weight is 269 g/mol. The molecule has 17 heavy (non-hydrogen) atoms. The van der Waals surface area contributed by atoms with Crippen LogP contribution in [0.5, 0.6) is 0 Å². The summed E-state index contributed by atoms with van der Waals surface area (Å²) in [5.41, 5.74) is 1.89. The van der Waals surface area contributed by atoms with Gasteiger partial charge in [0.25, 0.3) is 0 Å². The summed E-state index contributed by atoms with van der Waals surface area (Å²) >= 11 is 7.36. The van der Waals surface area contributed by atoms with Crippen LogP contribution in [0.3, 0.4) is 0 Å². The van der Waals surface area contributed by atoms with E-state index in [0.29, 0.717) is 5.02 Å². The molecule has 90 valence electrons. The summed E-state index contributed by atoms with van der Waals surface area (Å²) in [5.74, 6) is 0. The first-order valence-electron chi connectivity index (χ1n) is 5.24. The Labute approximate surface area is 109 Å². The topological polar surface area (TPSA) is 45.1 Å². The van der Waals surface area contributed by atoms with Crippen molar-refractivity contribution in [2.75, 3.05) is 11.9 Å². The summed E-state index contributed by atoms with van der Waals surface area (Å²) < 4.78 is 0. The van der Waals surface area contributed by atoms with Crippen molar-refractivity contribution in [3.8, 4) is 0 Å². The molecule has 0 bridgehead atoms.